The average molecular weight is 461 g/mol. The number of hydrogen-bond donors (Lipinski definition) is 2. The number of rotatable bonds is 6. The summed E-state index contributed by atoms with van der Waals surface area (Å²) in [4.78, 5) is 12.7. The van der Waals surface area contributed by atoms with Gasteiger partial charge in [0, 0.05) is 13.0 Å². The van der Waals surface area contributed by atoms with Gasteiger partial charge in [0.1, 0.15) is 0 Å². The smallest absolute Gasteiger partial charge is 0.335 e. The molecule has 0 bridgehead atoms. The summed E-state index contributed by atoms with van der Waals surface area (Å²) in [6.07, 6.45) is 1.60. The van der Waals surface area contributed by atoms with E-state index in [4.69, 9.17) is 0 Å². The standard InChI is InChI=1S/C22H21F2N3O4S/c23-22(24)8-1-9-27(13-22)19-7-2-14(12-25)10-18(19)26-32(30,31)20-11-16(21(28)29)5-6-17(20)15-3-4-15/h2,5-7,10-11,15,26H,1,3-4,8-9,13H2,(H,28,29). The summed E-state index contributed by atoms with van der Waals surface area (Å²) in [5, 5.41) is 18.6. The highest BCUT2D eigenvalue weighted by Crippen LogP contribution is 2.44. The molecule has 2 aromatic carbocycles. The maximum absolute atomic E-state index is 14.0. The Labute approximate surface area is 184 Å². The Balaban J connectivity index is 1.76. The maximum atomic E-state index is 14.0. The molecule has 0 radical (unpaired) electrons. The average Bonchev–Trinajstić information content (AvgIpc) is 3.57. The molecule has 0 unspecified atom stereocenters. The van der Waals surface area contributed by atoms with E-state index in [9.17, 15) is 32.4 Å². The number of benzene rings is 2. The van der Waals surface area contributed by atoms with Crippen molar-refractivity contribution in [2.24, 2.45) is 0 Å². The van der Waals surface area contributed by atoms with Crippen molar-refractivity contribution >= 4 is 27.4 Å². The van der Waals surface area contributed by atoms with Crippen molar-refractivity contribution in [2.45, 2.75) is 42.4 Å². The number of carboxylic acid groups (broad SMARTS) is 1. The van der Waals surface area contributed by atoms with Gasteiger partial charge in [0.25, 0.3) is 15.9 Å². The topological polar surface area (TPSA) is 111 Å². The first-order valence-electron chi connectivity index (χ1n) is 10.2. The van der Waals surface area contributed by atoms with Crippen LogP contribution in [0.4, 0.5) is 20.2 Å². The van der Waals surface area contributed by atoms with Gasteiger partial charge in [-0.3, -0.25) is 4.72 Å². The number of hydrogen-bond acceptors (Lipinski definition) is 5. The zero-order chi connectivity index (χ0) is 23.1. The molecule has 1 aliphatic carbocycles. The van der Waals surface area contributed by atoms with Crippen LogP contribution in [0.25, 0.3) is 0 Å². The third-order valence-corrected chi connectivity index (χ3v) is 7.09. The Kier molecular flexibility index (Phi) is 5.54. The second-order valence-electron chi connectivity index (χ2n) is 8.16. The molecule has 2 N–H and O–H groups in total. The van der Waals surface area contributed by atoms with Crippen LogP contribution in [0.3, 0.4) is 0 Å². The van der Waals surface area contributed by atoms with E-state index in [1.54, 1.807) is 0 Å². The minimum atomic E-state index is -4.26. The number of nitriles is 1. The van der Waals surface area contributed by atoms with Crippen molar-refractivity contribution in [3.63, 3.8) is 0 Å². The van der Waals surface area contributed by atoms with E-state index in [0.717, 1.165) is 18.9 Å². The molecule has 2 fully saturated rings. The van der Waals surface area contributed by atoms with E-state index >= 15 is 0 Å². The van der Waals surface area contributed by atoms with Crippen molar-refractivity contribution < 1.29 is 27.1 Å². The van der Waals surface area contributed by atoms with Gasteiger partial charge in [0.05, 0.1) is 40.0 Å². The molecule has 1 saturated carbocycles. The number of nitrogens with one attached hydrogen (secondary N) is 1. The van der Waals surface area contributed by atoms with Gasteiger partial charge in [-0.05, 0) is 61.1 Å². The summed E-state index contributed by atoms with van der Waals surface area (Å²) < 4.78 is 57.1. The van der Waals surface area contributed by atoms with Crippen LogP contribution in [0, 0.1) is 11.3 Å². The highest BCUT2D eigenvalue weighted by molar-refractivity contribution is 7.92. The lowest BCUT2D eigenvalue weighted by molar-refractivity contribution is -0.0116. The molecule has 0 aromatic heterocycles. The number of sulfonamides is 1. The lowest BCUT2D eigenvalue weighted by Crippen LogP contribution is -2.43. The summed E-state index contributed by atoms with van der Waals surface area (Å²) in [5.41, 5.74) is 0.761. The fourth-order valence-corrected chi connectivity index (χ4v) is 5.36. The SMILES string of the molecule is N#Cc1ccc(N2CCCC(F)(F)C2)c(NS(=O)(=O)c2cc(C(=O)O)ccc2C2CC2)c1. The van der Waals surface area contributed by atoms with Gasteiger partial charge in [0.2, 0.25) is 0 Å². The quantitative estimate of drug-likeness (QED) is 0.668. The van der Waals surface area contributed by atoms with Crippen LogP contribution in [0.2, 0.25) is 0 Å². The van der Waals surface area contributed by atoms with Gasteiger partial charge < -0.3 is 10.0 Å². The largest absolute Gasteiger partial charge is 0.478 e. The molecule has 1 heterocycles. The number of nitrogens with zero attached hydrogens (tertiary/aromatic N) is 2. The Morgan fingerprint density at radius 3 is 2.59 bits per heavy atom. The number of piperidine rings is 1. The second kappa shape index (κ2) is 8.06. The minimum Gasteiger partial charge on any atom is -0.478 e. The fourth-order valence-electron chi connectivity index (χ4n) is 3.97. The highest BCUT2D eigenvalue weighted by Gasteiger charge is 2.37. The number of carbonyl (C=O) groups is 1. The molecule has 168 valence electrons. The lowest BCUT2D eigenvalue weighted by atomic mass is 10.1. The van der Waals surface area contributed by atoms with Crippen LogP contribution in [0.1, 0.15) is 53.1 Å². The van der Waals surface area contributed by atoms with Gasteiger partial charge in [-0.2, -0.15) is 5.26 Å². The highest BCUT2D eigenvalue weighted by atomic mass is 32.2. The molecule has 10 heteroatoms. The van der Waals surface area contributed by atoms with E-state index in [0.29, 0.717) is 12.1 Å². The molecule has 4 rings (SSSR count). The monoisotopic (exact) mass is 461 g/mol. The zero-order valence-corrected chi connectivity index (χ0v) is 17.8. The third-order valence-electron chi connectivity index (χ3n) is 5.67. The summed E-state index contributed by atoms with van der Waals surface area (Å²) >= 11 is 0. The van der Waals surface area contributed by atoms with Crippen molar-refractivity contribution in [1.82, 2.24) is 0 Å². The Hall–Kier alpha value is -3.19. The summed E-state index contributed by atoms with van der Waals surface area (Å²) in [5.74, 6) is -4.14. The van der Waals surface area contributed by atoms with Crippen molar-refractivity contribution in [1.29, 1.82) is 5.26 Å². The number of carboxylic acids is 1. The first kappa shape index (κ1) is 22.0. The molecule has 2 aromatic rings. The molecule has 2 aliphatic rings. The molecular weight excluding hydrogens is 440 g/mol. The number of aromatic carboxylic acids is 1. The minimum absolute atomic E-state index is 0.00391. The molecule has 0 atom stereocenters. The first-order valence-corrected chi connectivity index (χ1v) is 11.6. The summed E-state index contributed by atoms with van der Waals surface area (Å²) in [6, 6.07) is 10.1. The molecule has 0 amide bonds. The summed E-state index contributed by atoms with van der Waals surface area (Å²) in [7, 11) is -4.26. The number of halogens is 2. The van der Waals surface area contributed by atoms with Crippen LogP contribution >= 0.6 is 0 Å². The van der Waals surface area contributed by atoms with E-state index in [-0.39, 0.29) is 46.2 Å². The number of alkyl halides is 2. The predicted octanol–water partition coefficient (Wildman–Crippen LogP) is 4.17. The van der Waals surface area contributed by atoms with E-state index < -0.39 is 28.5 Å². The zero-order valence-electron chi connectivity index (χ0n) is 17.0. The van der Waals surface area contributed by atoms with Gasteiger partial charge in [-0.25, -0.2) is 22.0 Å². The molecule has 1 aliphatic heterocycles. The van der Waals surface area contributed by atoms with E-state index in [2.05, 4.69) is 4.72 Å². The normalized spacial score (nSPS) is 18.1. The van der Waals surface area contributed by atoms with Crippen LogP contribution in [-0.4, -0.2) is 38.5 Å². The van der Waals surface area contributed by atoms with Gasteiger partial charge in [-0.15, -0.1) is 0 Å². The van der Waals surface area contributed by atoms with E-state index in [1.165, 1.54) is 35.2 Å². The van der Waals surface area contributed by atoms with Crippen molar-refractivity contribution in [3.05, 3.63) is 53.1 Å². The van der Waals surface area contributed by atoms with Crippen LogP contribution in [0.15, 0.2) is 41.3 Å². The van der Waals surface area contributed by atoms with Gasteiger partial charge >= 0.3 is 5.97 Å². The van der Waals surface area contributed by atoms with Gasteiger partial charge in [-0.1, -0.05) is 6.07 Å². The van der Waals surface area contributed by atoms with Crippen molar-refractivity contribution in [2.75, 3.05) is 22.7 Å². The van der Waals surface area contributed by atoms with Gasteiger partial charge in [0.15, 0.2) is 0 Å². The molecular formula is C22H21F2N3O4S. The molecule has 7 nitrogen and oxygen atoms in total. The Morgan fingerprint density at radius 2 is 1.97 bits per heavy atom. The maximum Gasteiger partial charge on any atom is 0.335 e. The fraction of sp³-hybridized carbons (Fsp3) is 0.364. The first-order chi connectivity index (χ1) is 15.1. The van der Waals surface area contributed by atoms with Crippen molar-refractivity contribution in [3.8, 4) is 6.07 Å². The molecule has 0 spiro atoms. The van der Waals surface area contributed by atoms with E-state index in [1.807, 2.05) is 6.07 Å². The lowest BCUT2D eigenvalue weighted by Gasteiger charge is -2.35. The predicted molar refractivity (Wildman–Crippen MR) is 114 cm³/mol. The molecule has 1 saturated heterocycles. The van der Waals surface area contributed by atoms with Crippen LogP contribution in [-0.2, 0) is 10.0 Å². The summed E-state index contributed by atoms with van der Waals surface area (Å²) in [6.45, 7) is -0.243. The Bertz CT molecular complexity index is 1220. The third kappa shape index (κ3) is 4.53. The molecule has 32 heavy (non-hydrogen) atoms. The van der Waals surface area contributed by atoms with Crippen LogP contribution < -0.4 is 9.62 Å². The number of anilines is 2. The van der Waals surface area contributed by atoms with Crippen LogP contribution in [0.5, 0.6) is 0 Å². The second-order valence-corrected chi connectivity index (χ2v) is 9.81. The Morgan fingerprint density at radius 1 is 1.22 bits per heavy atom.